The van der Waals surface area contributed by atoms with Crippen molar-refractivity contribution in [3.63, 3.8) is 0 Å². The van der Waals surface area contributed by atoms with Crippen molar-refractivity contribution in [2.45, 2.75) is 57.4 Å². The van der Waals surface area contributed by atoms with E-state index in [-0.39, 0.29) is 6.04 Å². The molecule has 0 bridgehead atoms. The van der Waals surface area contributed by atoms with E-state index >= 15 is 0 Å². The Morgan fingerprint density at radius 3 is 2.53 bits per heavy atom. The van der Waals surface area contributed by atoms with Gasteiger partial charge < -0.3 is 0 Å². The van der Waals surface area contributed by atoms with E-state index in [9.17, 15) is 8.42 Å². The van der Waals surface area contributed by atoms with Crippen LogP contribution in [-0.4, -0.2) is 35.5 Å². The van der Waals surface area contributed by atoms with Crippen LogP contribution in [0.1, 0.15) is 45.2 Å². The van der Waals surface area contributed by atoms with Gasteiger partial charge in [0.1, 0.15) is 4.90 Å². The van der Waals surface area contributed by atoms with Crippen LogP contribution in [0.25, 0.3) is 0 Å². The Morgan fingerprint density at radius 1 is 1.42 bits per heavy atom. The quantitative estimate of drug-likeness (QED) is 0.902. The molecule has 0 unspecified atom stereocenters. The highest BCUT2D eigenvalue weighted by Crippen LogP contribution is 2.30. The number of nitrogens with zero attached hydrogens (tertiary/aromatic N) is 2. The zero-order valence-electron chi connectivity index (χ0n) is 11.9. The number of aromatic amines is 1. The molecule has 1 heterocycles. The third-order valence-corrected chi connectivity index (χ3v) is 5.68. The minimum Gasteiger partial charge on any atom is -0.281 e. The number of hydrogen-bond donors (Lipinski definition) is 1. The van der Waals surface area contributed by atoms with E-state index in [1.54, 1.807) is 11.2 Å². The Kier molecular flexibility index (Phi) is 4.30. The van der Waals surface area contributed by atoms with Gasteiger partial charge in [0.15, 0.2) is 0 Å². The predicted octanol–water partition coefficient (Wildman–Crippen LogP) is 2.31. The third-order valence-electron chi connectivity index (χ3n) is 3.65. The number of H-pyrrole nitrogens is 1. The molecule has 6 heteroatoms. The fourth-order valence-corrected chi connectivity index (χ4v) is 4.69. The minimum atomic E-state index is -3.43. The topological polar surface area (TPSA) is 66.1 Å². The maximum absolute atomic E-state index is 12.8. The molecule has 0 atom stereocenters. The van der Waals surface area contributed by atoms with Crippen molar-refractivity contribution in [2.24, 2.45) is 5.92 Å². The Hall–Kier alpha value is -0.880. The molecular formula is C13H23N3O2S. The van der Waals surface area contributed by atoms with E-state index < -0.39 is 10.0 Å². The van der Waals surface area contributed by atoms with Crippen LogP contribution in [0.4, 0.5) is 0 Å². The van der Waals surface area contributed by atoms with Gasteiger partial charge in [-0.1, -0.05) is 26.7 Å². The van der Waals surface area contributed by atoms with Gasteiger partial charge in [0.05, 0.1) is 11.9 Å². The number of nitrogens with one attached hydrogen (secondary N) is 1. The van der Waals surface area contributed by atoms with Gasteiger partial charge in [-0.15, -0.1) is 0 Å². The molecular weight excluding hydrogens is 262 g/mol. The molecule has 2 rings (SSSR count). The Bertz CT molecular complexity index is 516. The molecule has 0 aromatic carbocycles. The van der Waals surface area contributed by atoms with Gasteiger partial charge in [0, 0.05) is 12.6 Å². The van der Waals surface area contributed by atoms with E-state index in [2.05, 4.69) is 24.0 Å². The fraction of sp³-hybridized carbons (Fsp3) is 0.769. The van der Waals surface area contributed by atoms with Crippen LogP contribution in [0.5, 0.6) is 0 Å². The van der Waals surface area contributed by atoms with Crippen LogP contribution in [0.2, 0.25) is 0 Å². The first-order valence-corrected chi connectivity index (χ1v) is 8.38. The zero-order valence-corrected chi connectivity index (χ0v) is 12.7. The van der Waals surface area contributed by atoms with E-state index in [1.807, 2.05) is 0 Å². The average Bonchev–Trinajstić information content (AvgIpc) is 2.95. The second-order valence-corrected chi connectivity index (χ2v) is 7.63. The van der Waals surface area contributed by atoms with E-state index in [0.717, 1.165) is 25.7 Å². The first kappa shape index (κ1) is 14.5. The number of aryl methyl sites for hydroxylation is 1. The van der Waals surface area contributed by atoms with Crippen molar-refractivity contribution in [1.29, 1.82) is 0 Å². The molecule has 19 heavy (non-hydrogen) atoms. The summed E-state index contributed by atoms with van der Waals surface area (Å²) in [7, 11) is -3.43. The van der Waals surface area contributed by atoms with E-state index in [1.165, 1.54) is 6.20 Å². The van der Waals surface area contributed by atoms with Crippen molar-refractivity contribution in [2.75, 3.05) is 6.54 Å². The maximum Gasteiger partial charge on any atom is 0.246 e. The molecule has 1 aliphatic carbocycles. The second kappa shape index (κ2) is 5.63. The number of sulfonamides is 1. The van der Waals surface area contributed by atoms with Gasteiger partial charge in [0.2, 0.25) is 10.0 Å². The van der Waals surface area contributed by atoms with Crippen LogP contribution in [-0.2, 0) is 10.0 Å². The molecule has 1 aromatic heterocycles. The Morgan fingerprint density at radius 2 is 2.05 bits per heavy atom. The highest BCUT2D eigenvalue weighted by atomic mass is 32.2. The predicted molar refractivity (Wildman–Crippen MR) is 74.3 cm³/mol. The van der Waals surface area contributed by atoms with E-state index in [0.29, 0.717) is 23.1 Å². The molecule has 0 radical (unpaired) electrons. The summed E-state index contributed by atoms with van der Waals surface area (Å²) < 4.78 is 27.3. The summed E-state index contributed by atoms with van der Waals surface area (Å²) in [4.78, 5) is 0.319. The standard InChI is InChI=1S/C13H23N3O2S/c1-10(2)9-16(12-6-4-5-7-12)19(17,18)13-8-14-15-11(13)3/h8,10,12H,4-7,9H2,1-3H3,(H,14,15). The molecule has 108 valence electrons. The van der Waals surface area contributed by atoms with E-state index in [4.69, 9.17) is 0 Å². The van der Waals surface area contributed by atoms with Crippen LogP contribution in [0.3, 0.4) is 0 Å². The first-order valence-electron chi connectivity index (χ1n) is 6.94. The summed E-state index contributed by atoms with van der Waals surface area (Å²) in [5, 5.41) is 6.56. The lowest BCUT2D eigenvalue weighted by Gasteiger charge is -2.29. The van der Waals surface area contributed by atoms with Gasteiger partial charge in [-0.05, 0) is 25.7 Å². The zero-order chi connectivity index (χ0) is 14.0. The maximum atomic E-state index is 12.8. The molecule has 0 aliphatic heterocycles. The molecule has 1 aromatic rings. The first-order chi connectivity index (χ1) is 8.93. The number of aromatic nitrogens is 2. The molecule has 0 spiro atoms. The van der Waals surface area contributed by atoms with Crippen molar-refractivity contribution < 1.29 is 8.42 Å². The number of hydrogen-bond acceptors (Lipinski definition) is 3. The lowest BCUT2D eigenvalue weighted by Crippen LogP contribution is -2.41. The third kappa shape index (κ3) is 3.00. The van der Waals surface area contributed by atoms with Crippen LogP contribution < -0.4 is 0 Å². The van der Waals surface area contributed by atoms with Crippen molar-refractivity contribution in [3.05, 3.63) is 11.9 Å². The van der Waals surface area contributed by atoms with Crippen LogP contribution >= 0.6 is 0 Å². The highest BCUT2D eigenvalue weighted by molar-refractivity contribution is 7.89. The molecule has 5 nitrogen and oxygen atoms in total. The van der Waals surface area contributed by atoms with Crippen LogP contribution in [0, 0.1) is 12.8 Å². The lowest BCUT2D eigenvalue weighted by atomic mass is 10.2. The second-order valence-electron chi connectivity index (χ2n) is 5.77. The normalized spacial score (nSPS) is 17.7. The molecule has 0 saturated heterocycles. The summed E-state index contributed by atoms with van der Waals surface area (Å²) in [5.74, 6) is 0.322. The van der Waals surface area contributed by atoms with Crippen molar-refractivity contribution in [1.82, 2.24) is 14.5 Å². The molecule has 1 aliphatic rings. The van der Waals surface area contributed by atoms with Crippen LogP contribution in [0.15, 0.2) is 11.1 Å². The molecule has 1 fully saturated rings. The van der Waals surface area contributed by atoms with Gasteiger partial charge in [-0.3, -0.25) is 5.10 Å². The molecule has 1 N–H and O–H groups in total. The summed E-state index contributed by atoms with van der Waals surface area (Å²) >= 11 is 0. The minimum absolute atomic E-state index is 0.154. The summed E-state index contributed by atoms with van der Waals surface area (Å²) in [6, 6.07) is 0.154. The fourth-order valence-electron chi connectivity index (χ4n) is 2.72. The Balaban J connectivity index is 2.34. The smallest absolute Gasteiger partial charge is 0.246 e. The summed E-state index contributed by atoms with van der Waals surface area (Å²) in [6.07, 6.45) is 5.62. The van der Waals surface area contributed by atoms with Gasteiger partial charge in [0.25, 0.3) is 0 Å². The van der Waals surface area contributed by atoms with Crippen molar-refractivity contribution >= 4 is 10.0 Å². The van der Waals surface area contributed by atoms with Crippen molar-refractivity contribution in [3.8, 4) is 0 Å². The summed E-state index contributed by atoms with van der Waals surface area (Å²) in [6.45, 7) is 6.44. The van der Waals surface area contributed by atoms with Gasteiger partial charge in [-0.25, -0.2) is 8.42 Å². The largest absolute Gasteiger partial charge is 0.281 e. The van der Waals surface area contributed by atoms with Gasteiger partial charge >= 0.3 is 0 Å². The van der Waals surface area contributed by atoms with Gasteiger partial charge in [-0.2, -0.15) is 9.40 Å². The highest BCUT2D eigenvalue weighted by Gasteiger charge is 2.34. The Labute approximate surface area is 115 Å². The molecule has 0 amide bonds. The average molecular weight is 285 g/mol. The summed E-state index contributed by atoms with van der Waals surface area (Å²) in [5.41, 5.74) is 0.617. The monoisotopic (exact) mass is 285 g/mol. The number of rotatable bonds is 5. The molecule has 1 saturated carbocycles. The SMILES string of the molecule is Cc1[nH]ncc1S(=O)(=O)N(CC(C)C)C1CCCC1. The lowest BCUT2D eigenvalue weighted by molar-refractivity contribution is 0.292.